The number of rotatable bonds is 4. The van der Waals surface area contributed by atoms with Crippen LogP contribution in [-0.4, -0.2) is 12.1 Å². The fourth-order valence-corrected chi connectivity index (χ4v) is 2.57. The van der Waals surface area contributed by atoms with E-state index in [9.17, 15) is 0 Å². The van der Waals surface area contributed by atoms with Gasteiger partial charge in [0.15, 0.2) is 0 Å². The summed E-state index contributed by atoms with van der Waals surface area (Å²) in [6.07, 6.45) is 1.79. The molecule has 106 valence electrons. The fraction of sp³-hybridized carbons (Fsp3) is 0.118. The number of aromatic nitrogens is 1. The Bertz CT molecular complexity index is 752. The molecule has 0 spiro atoms. The lowest BCUT2D eigenvalue weighted by Gasteiger charge is -2.19. The van der Waals surface area contributed by atoms with E-state index in [1.165, 1.54) is 0 Å². The van der Waals surface area contributed by atoms with Crippen molar-refractivity contribution in [3.05, 3.63) is 71.9 Å². The number of hydrogen-bond acceptors (Lipinski definition) is 4. The molecular formula is C17H17N3O. The number of hydrazine groups is 1. The van der Waals surface area contributed by atoms with Gasteiger partial charge in [-0.15, -0.1) is 0 Å². The number of methoxy groups -OCH3 is 1. The molecule has 21 heavy (non-hydrogen) atoms. The van der Waals surface area contributed by atoms with Gasteiger partial charge in [0, 0.05) is 11.6 Å². The molecule has 3 aromatic rings. The molecule has 0 bridgehead atoms. The zero-order chi connectivity index (χ0) is 14.7. The van der Waals surface area contributed by atoms with E-state index in [1.54, 1.807) is 13.3 Å². The van der Waals surface area contributed by atoms with Crippen LogP contribution < -0.4 is 16.0 Å². The van der Waals surface area contributed by atoms with Gasteiger partial charge in [-0.1, -0.05) is 30.3 Å². The largest absolute Gasteiger partial charge is 0.497 e. The summed E-state index contributed by atoms with van der Waals surface area (Å²) in [5, 5.41) is 1.09. The van der Waals surface area contributed by atoms with Gasteiger partial charge in [0.2, 0.25) is 0 Å². The van der Waals surface area contributed by atoms with Gasteiger partial charge in [-0.3, -0.25) is 10.8 Å². The molecule has 3 rings (SSSR count). The van der Waals surface area contributed by atoms with E-state index in [1.807, 2.05) is 42.5 Å². The monoisotopic (exact) mass is 279 g/mol. The number of pyridine rings is 1. The molecule has 2 aromatic carbocycles. The first-order valence-corrected chi connectivity index (χ1v) is 6.77. The third-order valence-corrected chi connectivity index (χ3v) is 3.58. The predicted octanol–water partition coefficient (Wildman–Crippen LogP) is 2.80. The van der Waals surface area contributed by atoms with Crippen LogP contribution in [0.4, 0.5) is 0 Å². The highest BCUT2D eigenvalue weighted by molar-refractivity contribution is 5.83. The average molecular weight is 279 g/mol. The molecule has 1 aromatic heterocycles. The lowest BCUT2D eigenvalue weighted by atomic mass is 9.95. The first kappa shape index (κ1) is 13.5. The van der Waals surface area contributed by atoms with Gasteiger partial charge >= 0.3 is 0 Å². The molecule has 0 fully saturated rings. The highest BCUT2D eigenvalue weighted by Crippen LogP contribution is 2.29. The van der Waals surface area contributed by atoms with E-state index >= 15 is 0 Å². The Balaban J connectivity index is 2.13. The third kappa shape index (κ3) is 2.59. The van der Waals surface area contributed by atoms with E-state index < -0.39 is 0 Å². The summed E-state index contributed by atoms with van der Waals surface area (Å²) in [5.74, 6) is 6.62. The maximum Gasteiger partial charge on any atom is 0.119 e. The molecule has 0 radical (unpaired) electrons. The van der Waals surface area contributed by atoms with Crippen LogP contribution in [-0.2, 0) is 0 Å². The topological polar surface area (TPSA) is 60.2 Å². The van der Waals surface area contributed by atoms with Gasteiger partial charge in [0.25, 0.3) is 0 Å². The van der Waals surface area contributed by atoms with E-state index in [2.05, 4.69) is 22.5 Å². The number of ether oxygens (including phenoxy) is 1. The second kappa shape index (κ2) is 5.91. The maximum absolute atomic E-state index is 5.81. The molecule has 0 saturated carbocycles. The van der Waals surface area contributed by atoms with Gasteiger partial charge in [0.05, 0.1) is 18.7 Å². The van der Waals surface area contributed by atoms with Gasteiger partial charge in [-0.2, -0.15) is 0 Å². The summed E-state index contributed by atoms with van der Waals surface area (Å²) in [7, 11) is 1.66. The first-order valence-electron chi connectivity index (χ1n) is 6.77. The van der Waals surface area contributed by atoms with E-state index in [4.69, 9.17) is 10.6 Å². The second-order valence-electron chi connectivity index (χ2n) is 4.79. The van der Waals surface area contributed by atoms with Crippen LogP contribution in [0, 0.1) is 0 Å². The normalized spacial score (nSPS) is 12.3. The summed E-state index contributed by atoms with van der Waals surface area (Å²) in [4.78, 5) is 4.39. The number of nitrogens with zero attached hydrogens (tertiary/aromatic N) is 1. The Hall–Kier alpha value is -2.43. The molecule has 4 heteroatoms. The van der Waals surface area contributed by atoms with Crippen LogP contribution in [0.5, 0.6) is 5.75 Å². The lowest BCUT2D eigenvalue weighted by molar-refractivity contribution is 0.413. The Morgan fingerprint density at radius 3 is 2.76 bits per heavy atom. The number of benzene rings is 2. The summed E-state index contributed by atoms with van der Waals surface area (Å²) >= 11 is 0. The molecule has 4 nitrogen and oxygen atoms in total. The van der Waals surface area contributed by atoms with Crippen molar-refractivity contribution in [2.24, 2.45) is 5.84 Å². The third-order valence-electron chi connectivity index (χ3n) is 3.58. The molecular weight excluding hydrogens is 262 g/mol. The molecule has 0 saturated heterocycles. The SMILES string of the molecule is COc1cccc(C(NN)c2cccc3ncccc23)c1. The number of nitrogens with two attached hydrogens (primary N) is 1. The summed E-state index contributed by atoms with van der Waals surface area (Å²) < 4.78 is 5.29. The average Bonchev–Trinajstić information content (AvgIpc) is 2.56. The molecule has 3 N–H and O–H groups in total. The Morgan fingerprint density at radius 2 is 1.95 bits per heavy atom. The first-order chi connectivity index (χ1) is 10.3. The van der Waals surface area contributed by atoms with Gasteiger partial charge < -0.3 is 4.74 Å². The van der Waals surface area contributed by atoms with Crippen LogP contribution in [0.15, 0.2) is 60.8 Å². The maximum atomic E-state index is 5.81. The van der Waals surface area contributed by atoms with Crippen molar-refractivity contribution in [1.82, 2.24) is 10.4 Å². The minimum atomic E-state index is -0.118. The molecule has 1 atom stereocenters. The molecule has 1 unspecified atom stereocenters. The Labute approximate surface area is 123 Å². The van der Waals surface area contributed by atoms with Crippen LogP contribution in [0.1, 0.15) is 17.2 Å². The highest BCUT2D eigenvalue weighted by atomic mass is 16.5. The Morgan fingerprint density at radius 1 is 1.10 bits per heavy atom. The molecule has 1 heterocycles. The quantitative estimate of drug-likeness (QED) is 0.569. The zero-order valence-corrected chi connectivity index (χ0v) is 11.8. The van der Waals surface area contributed by atoms with Gasteiger partial charge in [0.1, 0.15) is 5.75 Å². The fourth-order valence-electron chi connectivity index (χ4n) is 2.57. The highest BCUT2D eigenvalue weighted by Gasteiger charge is 2.15. The zero-order valence-electron chi connectivity index (χ0n) is 11.8. The van der Waals surface area contributed by atoms with Crippen molar-refractivity contribution >= 4 is 10.9 Å². The summed E-state index contributed by atoms with van der Waals surface area (Å²) in [5.41, 5.74) is 5.99. The minimum Gasteiger partial charge on any atom is -0.497 e. The molecule has 0 aliphatic carbocycles. The summed E-state index contributed by atoms with van der Waals surface area (Å²) in [6, 6.07) is 17.8. The molecule has 0 amide bonds. The Kier molecular flexibility index (Phi) is 3.81. The van der Waals surface area contributed by atoms with Gasteiger partial charge in [-0.25, -0.2) is 5.43 Å². The lowest BCUT2D eigenvalue weighted by Crippen LogP contribution is -2.29. The van der Waals surface area contributed by atoms with Gasteiger partial charge in [-0.05, 0) is 35.4 Å². The minimum absolute atomic E-state index is 0.118. The van der Waals surface area contributed by atoms with Crippen LogP contribution in [0.3, 0.4) is 0 Å². The van der Waals surface area contributed by atoms with Crippen molar-refractivity contribution in [2.45, 2.75) is 6.04 Å². The number of fused-ring (bicyclic) bond motifs is 1. The second-order valence-corrected chi connectivity index (χ2v) is 4.79. The van der Waals surface area contributed by atoms with Crippen LogP contribution in [0.2, 0.25) is 0 Å². The molecule has 0 aliphatic rings. The number of hydrogen-bond donors (Lipinski definition) is 2. The van der Waals surface area contributed by atoms with E-state index in [0.717, 1.165) is 27.8 Å². The number of nitrogens with one attached hydrogen (secondary N) is 1. The standard InChI is InChI=1S/C17H17N3O/c1-21-13-6-2-5-12(11-13)17(20-18)15-7-3-9-16-14(15)8-4-10-19-16/h2-11,17,20H,18H2,1H3. The summed E-state index contributed by atoms with van der Waals surface area (Å²) in [6.45, 7) is 0. The van der Waals surface area contributed by atoms with Crippen molar-refractivity contribution < 1.29 is 4.74 Å². The van der Waals surface area contributed by atoms with Crippen molar-refractivity contribution in [1.29, 1.82) is 0 Å². The molecule has 0 aliphatic heterocycles. The predicted molar refractivity (Wildman–Crippen MR) is 83.9 cm³/mol. The van der Waals surface area contributed by atoms with E-state index in [0.29, 0.717) is 0 Å². The van der Waals surface area contributed by atoms with Crippen LogP contribution in [0.25, 0.3) is 10.9 Å². The van der Waals surface area contributed by atoms with Crippen molar-refractivity contribution in [3.63, 3.8) is 0 Å². The smallest absolute Gasteiger partial charge is 0.119 e. The van der Waals surface area contributed by atoms with Crippen molar-refractivity contribution in [3.8, 4) is 5.75 Å². The van der Waals surface area contributed by atoms with Crippen LogP contribution >= 0.6 is 0 Å². The van der Waals surface area contributed by atoms with Crippen molar-refractivity contribution in [2.75, 3.05) is 7.11 Å². The van der Waals surface area contributed by atoms with E-state index in [-0.39, 0.29) is 6.04 Å².